The topological polar surface area (TPSA) is 20.2 Å². The van der Waals surface area contributed by atoms with E-state index < -0.39 is 6.10 Å². The van der Waals surface area contributed by atoms with E-state index in [2.05, 4.69) is 6.58 Å². The highest BCUT2D eigenvalue weighted by atomic mass is 19.1. The first-order chi connectivity index (χ1) is 5.68. The summed E-state index contributed by atoms with van der Waals surface area (Å²) in [7, 11) is 0. The lowest BCUT2D eigenvalue weighted by Gasteiger charge is -2.01. The van der Waals surface area contributed by atoms with Gasteiger partial charge in [0.05, 0.1) is 6.10 Å². The average Bonchev–Trinajstić information content (AvgIpc) is 2.28. The van der Waals surface area contributed by atoms with Crippen LogP contribution in [0.15, 0.2) is 24.8 Å². The fraction of sp³-hybridized carbons (Fsp3) is 0.200. The molecule has 1 nitrogen and oxygen atoms in total. The molecule has 0 radical (unpaired) electrons. The number of benzene rings is 1. The van der Waals surface area contributed by atoms with Crippen LogP contribution < -0.4 is 0 Å². The summed E-state index contributed by atoms with van der Waals surface area (Å²) >= 11 is 0. The fourth-order valence-electron chi connectivity index (χ4n) is 1.58. The first-order valence-corrected chi connectivity index (χ1v) is 3.84. The molecule has 2 rings (SSSR count). The molecular weight excluding hydrogens is 155 g/mol. The number of hydrogen-bond donors (Lipinski definition) is 1. The van der Waals surface area contributed by atoms with Crippen LogP contribution in [0.5, 0.6) is 0 Å². The minimum absolute atomic E-state index is 0.303. The van der Waals surface area contributed by atoms with Crippen LogP contribution >= 0.6 is 0 Å². The highest BCUT2D eigenvalue weighted by molar-refractivity contribution is 5.71. The highest BCUT2D eigenvalue weighted by Gasteiger charge is 2.23. The maximum absolute atomic E-state index is 12.7. The second-order valence-corrected chi connectivity index (χ2v) is 3.06. The molecule has 0 heterocycles. The SMILES string of the molecule is C=C1C[C@H](O)c2cc(F)ccc21. The second-order valence-electron chi connectivity index (χ2n) is 3.06. The summed E-state index contributed by atoms with van der Waals surface area (Å²) in [5.41, 5.74) is 2.45. The Morgan fingerprint density at radius 2 is 2.25 bits per heavy atom. The molecule has 1 aliphatic rings. The number of halogens is 1. The van der Waals surface area contributed by atoms with Gasteiger partial charge in [0, 0.05) is 6.42 Å². The minimum Gasteiger partial charge on any atom is -0.388 e. The molecule has 0 aromatic heterocycles. The Hall–Kier alpha value is -1.15. The molecule has 0 unspecified atom stereocenters. The monoisotopic (exact) mass is 164 g/mol. The van der Waals surface area contributed by atoms with Gasteiger partial charge >= 0.3 is 0 Å². The van der Waals surface area contributed by atoms with E-state index in [-0.39, 0.29) is 5.82 Å². The van der Waals surface area contributed by atoms with E-state index in [0.29, 0.717) is 12.0 Å². The molecule has 0 spiro atoms. The van der Waals surface area contributed by atoms with Crippen molar-refractivity contribution in [2.24, 2.45) is 0 Å². The Kier molecular flexibility index (Phi) is 1.51. The van der Waals surface area contributed by atoms with Gasteiger partial charge in [-0.2, -0.15) is 0 Å². The van der Waals surface area contributed by atoms with Gasteiger partial charge < -0.3 is 5.11 Å². The van der Waals surface area contributed by atoms with Crippen LogP contribution in [0.4, 0.5) is 4.39 Å². The van der Waals surface area contributed by atoms with Crippen molar-refractivity contribution >= 4 is 5.57 Å². The third kappa shape index (κ3) is 0.959. The molecule has 0 fully saturated rings. The molecule has 12 heavy (non-hydrogen) atoms. The number of aliphatic hydroxyl groups excluding tert-OH is 1. The van der Waals surface area contributed by atoms with Crippen LogP contribution in [0.3, 0.4) is 0 Å². The molecule has 1 aromatic rings. The normalized spacial score (nSPS) is 21.2. The number of hydrogen-bond acceptors (Lipinski definition) is 1. The van der Waals surface area contributed by atoms with Crippen LogP contribution in [-0.4, -0.2) is 5.11 Å². The van der Waals surface area contributed by atoms with Crippen molar-refractivity contribution in [2.75, 3.05) is 0 Å². The predicted octanol–water partition coefficient (Wildman–Crippen LogP) is 2.28. The summed E-state index contributed by atoms with van der Waals surface area (Å²) in [6.45, 7) is 3.79. The number of aliphatic hydroxyl groups is 1. The lowest BCUT2D eigenvalue weighted by Crippen LogP contribution is -1.90. The Morgan fingerprint density at radius 3 is 3.00 bits per heavy atom. The summed E-state index contributed by atoms with van der Waals surface area (Å²) in [5, 5.41) is 9.45. The molecule has 1 aliphatic carbocycles. The molecule has 0 bridgehead atoms. The molecule has 0 amide bonds. The van der Waals surface area contributed by atoms with E-state index in [1.807, 2.05) is 0 Å². The van der Waals surface area contributed by atoms with Crippen molar-refractivity contribution in [3.05, 3.63) is 41.7 Å². The van der Waals surface area contributed by atoms with E-state index >= 15 is 0 Å². The minimum atomic E-state index is -0.566. The largest absolute Gasteiger partial charge is 0.388 e. The van der Waals surface area contributed by atoms with Crippen molar-refractivity contribution in [3.8, 4) is 0 Å². The lowest BCUT2D eigenvalue weighted by atomic mass is 10.1. The molecular formula is C10H9FO. The Morgan fingerprint density at radius 1 is 1.50 bits per heavy atom. The maximum Gasteiger partial charge on any atom is 0.123 e. The third-order valence-electron chi connectivity index (χ3n) is 2.19. The summed E-state index contributed by atoms with van der Waals surface area (Å²) in [5.74, 6) is -0.303. The quantitative estimate of drug-likeness (QED) is 0.623. The average molecular weight is 164 g/mol. The standard InChI is InChI=1S/C10H9FO/c1-6-4-10(12)9-5-7(11)2-3-8(6)9/h2-3,5,10,12H,1,4H2/t10-/m0/s1. The molecule has 2 heteroatoms. The van der Waals surface area contributed by atoms with Crippen molar-refractivity contribution in [1.29, 1.82) is 0 Å². The van der Waals surface area contributed by atoms with E-state index in [1.54, 1.807) is 6.07 Å². The summed E-state index contributed by atoms with van der Waals surface area (Å²) in [6, 6.07) is 4.43. The molecule has 0 saturated carbocycles. The van der Waals surface area contributed by atoms with Gasteiger partial charge in [-0.05, 0) is 28.8 Å². The molecule has 0 aliphatic heterocycles. The van der Waals surface area contributed by atoms with Crippen molar-refractivity contribution in [3.63, 3.8) is 0 Å². The van der Waals surface area contributed by atoms with Crippen molar-refractivity contribution in [2.45, 2.75) is 12.5 Å². The summed E-state index contributed by atoms with van der Waals surface area (Å²) in [4.78, 5) is 0. The predicted molar refractivity (Wildman–Crippen MR) is 45.0 cm³/mol. The van der Waals surface area contributed by atoms with Crippen molar-refractivity contribution in [1.82, 2.24) is 0 Å². The first kappa shape index (κ1) is 7.50. The van der Waals surface area contributed by atoms with Gasteiger partial charge in [0.25, 0.3) is 0 Å². The molecule has 1 N–H and O–H groups in total. The summed E-state index contributed by atoms with van der Waals surface area (Å²) in [6.07, 6.45) is -0.0399. The smallest absolute Gasteiger partial charge is 0.123 e. The Labute approximate surface area is 70.2 Å². The molecule has 62 valence electrons. The zero-order valence-electron chi connectivity index (χ0n) is 6.55. The van der Waals surface area contributed by atoms with E-state index in [9.17, 15) is 9.50 Å². The zero-order chi connectivity index (χ0) is 8.72. The number of fused-ring (bicyclic) bond motifs is 1. The van der Waals surface area contributed by atoms with Crippen molar-refractivity contribution < 1.29 is 9.50 Å². The second kappa shape index (κ2) is 2.42. The Bertz CT molecular complexity index is 344. The molecule has 1 aromatic carbocycles. The molecule has 0 saturated heterocycles. The van der Waals surface area contributed by atoms with Gasteiger partial charge in [0.1, 0.15) is 5.82 Å². The van der Waals surface area contributed by atoms with E-state index in [0.717, 1.165) is 11.1 Å². The van der Waals surface area contributed by atoms with E-state index in [4.69, 9.17) is 0 Å². The van der Waals surface area contributed by atoms with E-state index in [1.165, 1.54) is 12.1 Å². The highest BCUT2D eigenvalue weighted by Crippen LogP contribution is 2.38. The van der Waals surface area contributed by atoms with Crippen LogP contribution in [0.1, 0.15) is 23.7 Å². The number of rotatable bonds is 0. The fourth-order valence-corrected chi connectivity index (χ4v) is 1.58. The summed E-state index contributed by atoms with van der Waals surface area (Å²) < 4.78 is 12.7. The third-order valence-corrected chi connectivity index (χ3v) is 2.19. The van der Waals surface area contributed by atoms with Gasteiger partial charge in [-0.3, -0.25) is 0 Å². The maximum atomic E-state index is 12.7. The Balaban J connectivity index is 2.60. The zero-order valence-corrected chi connectivity index (χ0v) is 6.55. The van der Waals surface area contributed by atoms with Gasteiger partial charge in [0.15, 0.2) is 0 Å². The first-order valence-electron chi connectivity index (χ1n) is 3.84. The molecule has 1 atom stereocenters. The van der Waals surface area contributed by atoms with Crippen LogP contribution in [0.25, 0.3) is 5.57 Å². The van der Waals surface area contributed by atoms with Crippen LogP contribution in [0, 0.1) is 5.82 Å². The lowest BCUT2D eigenvalue weighted by molar-refractivity contribution is 0.190. The van der Waals surface area contributed by atoms with Crippen LogP contribution in [-0.2, 0) is 0 Å². The van der Waals surface area contributed by atoms with Gasteiger partial charge in [-0.15, -0.1) is 0 Å². The van der Waals surface area contributed by atoms with Crippen LogP contribution in [0.2, 0.25) is 0 Å². The van der Waals surface area contributed by atoms with Gasteiger partial charge in [-0.1, -0.05) is 12.6 Å². The van der Waals surface area contributed by atoms with Gasteiger partial charge in [0.2, 0.25) is 0 Å². The van der Waals surface area contributed by atoms with Gasteiger partial charge in [-0.25, -0.2) is 4.39 Å².